The van der Waals surface area contributed by atoms with Gasteiger partial charge in [0, 0.05) is 14.2 Å². The Balaban J connectivity index is 1.95. The molecule has 0 amide bonds. The minimum Gasteiger partial charge on any atom is -0.612 e. The van der Waals surface area contributed by atoms with Crippen molar-refractivity contribution in [2.75, 3.05) is 0 Å². The summed E-state index contributed by atoms with van der Waals surface area (Å²) >= 11 is 7.06. The Morgan fingerprint density at radius 2 is 1.68 bits per heavy atom. The van der Waals surface area contributed by atoms with Gasteiger partial charge in [-0.3, -0.25) is 0 Å². The maximum absolute atomic E-state index is 11.9. The summed E-state index contributed by atoms with van der Waals surface area (Å²) in [6, 6.07) is 15.5. The number of benzene rings is 2. The molecule has 0 heterocycles. The second-order valence-electron chi connectivity index (χ2n) is 4.01. The van der Waals surface area contributed by atoms with Gasteiger partial charge in [0.1, 0.15) is 11.2 Å². The van der Waals surface area contributed by atoms with Gasteiger partial charge in [0.05, 0.1) is 0 Å². The molecule has 4 heteroatoms. The summed E-state index contributed by atoms with van der Waals surface area (Å²) < 4.78 is 13.1. The Morgan fingerprint density at radius 1 is 1.05 bits per heavy atom. The van der Waals surface area contributed by atoms with Crippen molar-refractivity contribution >= 4 is 51.4 Å². The maximum atomic E-state index is 11.9. The van der Waals surface area contributed by atoms with Crippen molar-refractivity contribution in [1.82, 2.24) is 0 Å². The Morgan fingerprint density at radius 3 is 2.32 bits per heavy atom. The van der Waals surface area contributed by atoms with E-state index in [9.17, 15) is 4.55 Å². The maximum Gasteiger partial charge on any atom is 0.135 e. The van der Waals surface area contributed by atoms with Gasteiger partial charge in [-0.2, -0.15) is 0 Å². The lowest BCUT2D eigenvalue weighted by molar-refractivity contribution is 0.603. The zero-order valence-electron chi connectivity index (χ0n) is 10.1. The van der Waals surface area contributed by atoms with Crippen molar-refractivity contribution in [3.8, 4) is 0 Å². The van der Waals surface area contributed by atoms with Gasteiger partial charge >= 0.3 is 0 Å². The average Bonchev–Trinajstić information content (AvgIpc) is 2.41. The summed E-state index contributed by atoms with van der Waals surface area (Å²) in [6.07, 6.45) is 1.89. The van der Waals surface area contributed by atoms with Crippen molar-refractivity contribution in [2.45, 2.75) is 5.75 Å². The van der Waals surface area contributed by atoms with Gasteiger partial charge in [-0.15, -0.1) is 0 Å². The fraction of sp³-hybridized carbons (Fsp3) is 0.0667. The molecule has 0 aromatic heterocycles. The zero-order valence-corrected chi connectivity index (χ0v) is 13.8. The highest BCUT2D eigenvalue weighted by Crippen LogP contribution is 2.14. The molecule has 1 atom stereocenters. The van der Waals surface area contributed by atoms with Crippen molar-refractivity contribution in [3.05, 3.63) is 73.7 Å². The second kappa shape index (κ2) is 7.33. The smallest absolute Gasteiger partial charge is 0.135 e. The van der Waals surface area contributed by atoms with Crippen LogP contribution in [0.15, 0.2) is 53.9 Å². The molecule has 0 spiro atoms. The molecular formula is C15H12ClIOS. The van der Waals surface area contributed by atoms with Crippen LogP contribution in [0.3, 0.4) is 0 Å². The van der Waals surface area contributed by atoms with Crippen LogP contribution in [0.5, 0.6) is 0 Å². The summed E-state index contributed by atoms with van der Waals surface area (Å²) in [5.41, 5.74) is 2.08. The van der Waals surface area contributed by atoms with Crippen molar-refractivity contribution in [1.29, 1.82) is 0 Å². The first kappa shape index (κ1) is 14.9. The molecule has 2 aromatic carbocycles. The van der Waals surface area contributed by atoms with Gasteiger partial charge in [0.25, 0.3) is 0 Å². The van der Waals surface area contributed by atoms with Crippen LogP contribution in [0.4, 0.5) is 0 Å². The Labute approximate surface area is 135 Å². The molecule has 0 fully saturated rings. The summed E-state index contributed by atoms with van der Waals surface area (Å²) in [4.78, 5) is 0. The molecule has 1 nitrogen and oxygen atoms in total. The molecule has 0 saturated heterocycles. The predicted molar refractivity (Wildman–Crippen MR) is 91.5 cm³/mol. The van der Waals surface area contributed by atoms with Gasteiger partial charge in [-0.1, -0.05) is 35.9 Å². The topological polar surface area (TPSA) is 23.1 Å². The first-order valence-electron chi connectivity index (χ1n) is 5.69. The molecule has 0 bridgehead atoms. The predicted octanol–water partition coefficient (Wildman–Crippen LogP) is 4.86. The SMILES string of the molecule is [O-][S+](/C=C/c1ccc(I)cc1)Cc1ccc(Cl)cc1. The summed E-state index contributed by atoms with van der Waals surface area (Å²) in [5, 5.41) is 2.43. The quantitative estimate of drug-likeness (QED) is 0.529. The number of hydrogen-bond donors (Lipinski definition) is 0. The lowest BCUT2D eigenvalue weighted by Crippen LogP contribution is -1.99. The van der Waals surface area contributed by atoms with E-state index in [1.807, 2.05) is 54.6 Å². The van der Waals surface area contributed by atoms with Gasteiger partial charge in [-0.05, 0) is 69.7 Å². The molecule has 0 aliphatic rings. The molecule has 2 aromatic rings. The fourth-order valence-corrected chi connectivity index (χ4v) is 2.93. The molecular weight excluding hydrogens is 391 g/mol. The molecule has 0 aliphatic heterocycles. The van der Waals surface area contributed by atoms with Gasteiger partial charge < -0.3 is 4.55 Å². The summed E-state index contributed by atoms with van der Waals surface area (Å²) in [6.45, 7) is 0. The highest BCUT2D eigenvalue weighted by atomic mass is 127. The third kappa shape index (κ3) is 5.18. The highest BCUT2D eigenvalue weighted by Gasteiger charge is 2.03. The van der Waals surface area contributed by atoms with E-state index in [-0.39, 0.29) is 0 Å². The van der Waals surface area contributed by atoms with E-state index in [0.29, 0.717) is 10.8 Å². The van der Waals surface area contributed by atoms with E-state index in [4.69, 9.17) is 11.6 Å². The normalized spacial score (nSPS) is 12.8. The van der Waals surface area contributed by atoms with E-state index in [2.05, 4.69) is 22.6 Å². The second-order valence-corrected chi connectivity index (χ2v) is 7.01. The summed E-state index contributed by atoms with van der Waals surface area (Å²) in [7, 11) is 0. The van der Waals surface area contributed by atoms with Crippen LogP contribution in [0.2, 0.25) is 5.02 Å². The van der Waals surface area contributed by atoms with E-state index < -0.39 is 11.2 Å². The zero-order chi connectivity index (χ0) is 13.7. The number of halogens is 2. The number of rotatable bonds is 4. The molecule has 98 valence electrons. The lowest BCUT2D eigenvalue weighted by Gasteiger charge is -2.05. The summed E-state index contributed by atoms with van der Waals surface area (Å²) in [5.74, 6) is 0.512. The van der Waals surface area contributed by atoms with Crippen molar-refractivity contribution < 1.29 is 4.55 Å². The lowest BCUT2D eigenvalue weighted by atomic mass is 10.2. The van der Waals surface area contributed by atoms with Crippen LogP contribution in [0.25, 0.3) is 6.08 Å². The molecule has 0 saturated carbocycles. The Bertz CT molecular complexity index is 551. The van der Waals surface area contributed by atoms with Crippen LogP contribution in [-0.4, -0.2) is 4.55 Å². The average molecular weight is 403 g/mol. The highest BCUT2D eigenvalue weighted by molar-refractivity contribution is 14.1. The van der Waals surface area contributed by atoms with Gasteiger partial charge in [0.2, 0.25) is 0 Å². The minimum atomic E-state index is -1.01. The van der Waals surface area contributed by atoms with Crippen molar-refractivity contribution in [2.24, 2.45) is 0 Å². The molecule has 0 N–H and O–H groups in total. The Kier molecular flexibility index (Phi) is 5.76. The molecule has 1 unspecified atom stereocenters. The van der Waals surface area contributed by atoms with E-state index >= 15 is 0 Å². The third-order valence-corrected chi connectivity index (χ3v) is 4.53. The van der Waals surface area contributed by atoms with Crippen LogP contribution in [-0.2, 0) is 16.9 Å². The van der Waals surface area contributed by atoms with Gasteiger partial charge in [0.15, 0.2) is 0 Å². The molecule has 0 radical (unpaired) electrons. The van der Waals surface area contributed by atoms with Crippen LogP contribution >= 0.6 is 34.2 Å². The fourth-order valence-electron chi connectivity index (χ4n) is 1.52. The van der Waals surface area contributed by atoms with Crippen LogP contribution in [0.1, 0.15) is 11.1 Å². The van der Waals surface area contributed by atoms with E-state index in [1.165, 1.54) is 3.57 Å². The molecule has 2 rings (SSSR count). The van der Waals surface area contributed by atoms with Crippen LogP contribution < -0.4 is 0 Å². The Hall–Kier alpha value is -0.490. The first-order valence-corrected chi connectivity index (χ1v) is 8.53. The van der Waals surface area contributed by atoms with E-state index in [0.717, 1.165) is 11.1 Å². The molecule has 19 heavy (non-hydrogen) atoms. The third-order valence-electron chi connectivity index (χ3n) is 2.50. The minimum absolute atomic E-state index is 0.512. The van der Waals surface area contributed by atoms with E-state index in [1.54, 1.807) is 5.41 Å². The standard InChI is InChI=1S/C15H12ClIOS/c16-14-5-1-13(2-6-14)11-19(18)10-9-12-3-7-15(17)8-4-12/h1-10H,11H2/b10-9+. The first-order chi connectivity index (χ1) is 9.13. The van der Waals surface area contributed by atoms with Crippen LogP contribution in [0, 0.1) is 3.57 Å². The van der Waals surface area contributed by atoms with Crippen molar-refractivity contribution in [3.63, 3.8) is 0 Å². The number of hydrogen-bond acceptors (Lipinski definition) is 1. The van der Waals surface area contributed by atoms with Gasteiger partial charge in [-0.25, -0.2) is 0 Å². The largest absolute Gasteiger partial charge is 0.612 e. The molecule has 0 aliphatic carbocycles. The monoisotopic (exact) mass is 402 g/mol.